The van der Waals surface area contributed by atoms with Crippen LogP contribution in [0.15, 0.2) is 64.9 Å². The molecule has 0 aliphatic carbocycles. The number of benzene rings is 2. The lowest BCUT2D eigenvalue weighted by Gasteiger charge is -2.36. The van der Waals surface area contributed by atoms with Gasteiger partial charge in [-0.15, -0.1) is 11.3 Å². The summed E-state index contributed by atoms with van der Waals surface area (Å²) >= 11 is 1.73. The molecule has 0 N–H and O–H groups in total. The lowest BCUT2D eigenvalue weighted by Crippen LogP contribution is -2.41. The van der Waals surface area contributed by atoms with E-state index in [1.165, 1.54) is 9.18 Å². The first-order valence-electron chi connectivity index (χ1n) is 11.1. The van der Waals surface area contributed by atoms with Crippen LogP contribution < -0.4 is 0 Å². The van der Waals surface area contributed by atoms with Crippen LogP contribution in [0.4, 0.5) is 0 Å². The molecule has 0 saturated carbocycles. The number of ether oxygens (including phenoxy) is 1. The Labute approximate surface area is 198 Å². The van der Waals surface area contributed by atoms with Crippen LogP contribution in [0.25, 0.3) is 0 Å². The van der Waals surface area contributed by atoms with Crippen molar-refractivity contribution >= 4 is 27.3 Å². The number of aryl methyl sites for hydroxylation is 1. The van der Waals surface area contributed by atoms with Crippen molar-refractivity contribution in [2.75, 3.05) is 32.8 Å². The van der Waals surface area contributed by atoms with Crippen molar-refractivity contribution in [3.8, 4) is 0 Å². The number of morpholine rings is 1. The number of hydrogen-bond donors (Lipinski definition) is 0. The fraction of sp³-hybridized carbons (Fsp3) is 0.320. The number of hydrogen-bond acceptors (Lipinski definition) is 5. The van der Waals surface area contributed by atoms with Gasteiger partial charge in [-0.3, -0.25) is 4.79 Å². The zero-order valence-electron chi connectivity index (χ0n) is 18.4. The van der Waals surface area contributed by atoms with E-state index < -0.39 is 10.0 Å². The van der Waals surface area contributed by atoms with Crippen LogP contribution in [-0.4, -0.2) is 56.4 Å². The van der Waals surface area contributed by atoms with Crippen LogP contribution in [0.2, 0.25) is 0 Å². The Hall–Kier alpha value is -2.52. The van der Waals surface area contributed by atoms with Crippen LogP contribution in [0, 0.1) is 6.92 Å². The number of nitrogens with zero attached hydrogens (tertiary/aromatic N) is 2. The van der Waals surface area contributed by atoms with Crippen LogP contribution in [0.3, 0.4) is 0 Å². The minimum atomic E-state index is -3.69. The number of sulfonamides is 1. The number of carbonyl (C=O) groups is 1. The van der Waals surface area contributed by atoms with Crippen molar-refractivity contribution in [1.29, 1.82) is 0 Å². The van der Waals surface area contributed by atoms with E-state index in [2.05, 4.69) is 11.4 Å². The van der Waals surface area contributed by atoms with Gasteiger partial charge in [0.15, 0.2) is 0 Å². The molecule has 1 atom stereocenters. The molecular weight excluding hydrogens is 456 g/mol. The van der Waals surface area contributed by atoms with Gasteiger partial charge in [0.1, 0.15) is 0 Å². The zero-order valence-corrected chi connectivity index (χ0v) is 20.1. The minimum Gasteiger partial charge on any atom is -0.379 e. The lowest BCUT2D eigenvalue weighted by atomic mass is 9.92. The average Bonchev–Trinajstić information content (AvgIpc) is 3.33. The van der Waals surface area contributed by atoms with E-state index in [-0.39, 0.29) is 16.8 Å². The van der Waals surface area contributed by atoms with Gasteiger partial charge >= 0.3 is 0 Å². The molecule has 33 heavy (non-hydrogen) atoms. The number of fused-ring (bicyclic) bond motifs is 1. The van der Waals surface area contributed by atoms with E-state index in [0.29, 0.717) is 38.4 Å². The Bertz CT molecular complexity index is 1260. The molecule has 172 valence electrons. The standard InChI is InChI=1S/C25H26N2O4S2/c1-18-7-8-20(33(29,30)26-12-14-31-15-13-26)17-22(18)25(28)27-11-9-23-21(10-16-32-23)24(27)19-5-3-2-4-6-19/h2-8,10,16-17,24H,9,11-15H2,1H3. The highest BCUT2D eigenvalue weighted by Crippen LogP contribution is 2.38. The molecule has 3 heterocycles. The van der Waals surface area contributed by atoms with Gasteiger partial charge in [-0.2, -0.15) is 4.31 Å². The van der Waals surface area contributed by atoms with Crippen LogP contribution in [0.1, 0.15) is 38.0 Å². The molecule has 5 rings (SSSR count). The third-order valence-corrected chi connectivity index (χ3v) is 9.28. The van der Waals surface area contributed by atoms with Gasteiger partial charge in [-0.05, 0) is 53.6 Å². The molecule has 6 nitrogen and oxygen atoms in total. The molecule has 0 bridgehead atoms. The van der Waals surface area contributed by atoms with Gasteiger partial charge < -0.3 is 9.64 Å². The highest BCUT2D eigenvalue weighted by Gasteiger charge is 2.34. The summed E-state index contributed by atoms with van der Waals surface area (Å²) in [5, 5.41) is 2.08. The second-order valence-electron chi connectivity index (χ2n) is 8.35. The summed E-state index contributed by atoms with van der Waals surface area (Å²) in [5.74, 6) is -0.141. The summed E-state index contributed by atoms with van der Waals surface area (Å²) < 4.78 is 33.2. The van der Waals surface area contributed by atoms with Gasteiger partial charge in [-0.1, -0.05) is 36.4 Å². The first kappa shape index (κ1) is 22.3. The Kier molecular flexibility index (Phi) is 6.09. The monoisotopic (exact) mass is 482 g/mol. The van der Waals surface area contributed by atoms with Gasteiger partial charge in [0.2, 0.25) is 10.0 Å². The van der Waals surface area contributed by atoms with E-state index in [1.807, 2.05) is 42.2 Å². The molecule has 1 amide bonds. The lowest BCUT2D eigenvalue weighted by molar-refractivity contribution is 0.0694. The number of amides is 1. The van der Waals surface area contributed by atoms with Crippen molar-refractivity contribution < 1.29 is 17.9 Å². The fourth-order valence-corrected chi connectivity index (χ4v) is 6.95. The maximum Gasteiger partial charge on any atom is 0.254 e. The third-order valence-electron chi connectivity index (χ3n) is 6.39. The Balaban J connectivity index is 1.53. The number of rotatable bonds is 4. The summed E-state index contributed by atoms with van der Waals surface area (Å²) in [4.78, 5) is 17.2. The highest BCUT2D eigenvalue weighted by atomic mass is 32.2. The summed E-state index contributed by atoms with van der Waals surface area (Å²) in [7, 11) is -3.69. The topological polar surface area (TPSA) is 66.9 Å². The van der Waals surface area contributed by atoms with Crippen molar-refractivity contribution in [2.45, 2.75) is 24.3 Å². The smallest absolute Gasteiger partial charge is 0.254 e. The average molecular weight is 483 g/mol. The van der Waals surface area contributed by atoms with E-state index in [9.17, 15) is 13.2 Å². The molecule has 2 aliphatic heterocycles. The molecule has 0 spiro atoms. The number of carbonyl (C=O) groups excluding carboxylic acids is 1. The molecule has 1 saturated heterocycles. The second-order valence-corrected chi connectivity index (χ2v) is 11.3. The highest BCUT2D eigenvalue weighted by molar-refractivity contribution is 7.89. The summed E-state index contributed by atoms with van der Waals surface area (Å²) in [5.41, 5.74) is 3.41. The molecule has 2 aliphatic rings. The first-order chi connectivity index (χ1) is 16.0. The van der Waals surface area contributed by atoms with E-state index in [0.717, 1.165) is 23.1 Å². The van der Waals surface area contributed by atoms with Crippen LogP contribution in [-0.2, 0) is 21.2 Å². The summed E-state index contributed by atoms with van der Waals surface area (Å²) in [6, 6.07) is 16.8. The van der Waals surface area contributed by atoms with E-state index in [4.69, 9.17) is 4.74 Å². The number of thiophene rings is 1. The quantitative estimate of drug-likeness (QED) is 0.566. The fourth-order valence-electron chi connectivity index (χ4n) is 4.61. The Morgan fingerprint density at radius 1 is 1.03 bits per heavy atom. The summed E-state index contributed by atoms with van der Waals surface area (Å²) in [6.45, 7) is 3.85. The van der Waals surface area contributed by atoms with E-state index >= 15 is 0 Å². The minimum absolute atomic E-state index is 0.141. The molecule has 1 aromatic heterocycles. The molecule has 8 heteroatoms. The predicted molar refractivity (Wildman–Crippen MR) is 128 cm³/mol. The Morgan fingerprint density at radius 2 is 1.79 bits per heavy atom. The molecule has 1 unspecified atom stereocenters. The second kappa shape index (κ2) is 9.02. The Morgan fingerprint density at radius 3 is 2.55 bits per heavy atom. The van der Waals surface area contributed by atoms with E-state index in [1.54, 1.807) is 29.5 Å². The molecule has 3 aromatic rings. The predicted octanol–water partition coefficient (Wildman–Crippen LogP) is 3.87. The largest absolute Gasteiger partial charge is 0.379 e. The van der Waals surface area contributed by atoms with Crippen LogP contribution >= 0.6 is 11.3 Å². The molecule has 2 aromatic carbocycles. The zero-order chi connectivity index (χ0) is 23.0. The third kappa shape index (κ3) is 4.12. The maximum atomic E-state index is 13.9. The van der Waals surface area contributed by atoms with Gasteiger partial charge in [0.05, 0.1) is 24.2 Å². The molecule has 1 fully saturated rings. The van der Waals surface area contributed by atoms with Gasteiger partial charge in [0, 0.05) is 30.1 Å². The van der Waals surface area contributed by atoms with Crippen molar-refractivity contribution in [2.24, 2.45) is 0 Å². The molecular formula is C25H26N2O4S2. The van der Waals surface area contributed by atoms with Crippen LogP contribution in [0.5, 0.6) is 0 Å². The van der Waals surface area contributed by atoms with Gasteiger partial charge in [0.25, 0.3) is 5.91 Å². The van der Waals surface area contributed by atoms with Crippen molar-refractivity contribution in [3.05, 3.63) is 87.1 Å². The molecule has 0 radical (unpaired) electrons. The summed E-state index contributed by atoms with van der Waals surface area (Å²) in [6.07, 6.45) is 0.799. The SMILES string of the molecule is Cc1ccc(S(=O)(=O)N2CCOCC2)cc1C(=O)N1CCc2sccc2C1c1ccccc1. The first-order valence-corrected chi connectivity index (χ1v) is 13.4. The van der Waals surface area contributed by atoms with Crippen molar-refractivity contribution in [1.82, 2.24) is 9.21 Å². The normalized spacial score (nSPS) is 19.3. The van der Waals surface area contributed by atoms with Gasteiger partial charge in [-0.25, -0.2) is 8.42 Å². The van der Waals surface area contributed by atoms with Crippen molar-refractivity contribution in [3.63, 3.8) is 0 Å². The maximum absolute atomic E-state index is 13.9.